The smallest absolute Gasteiger partial charge is 0.169 e. The highest BCUT2D eigenvalue weighted by Gasteiger charge is 2.04. The fraction of sp³-hybridized carbons (Fsp3) is 0.143. The quantitative estimate of drug-likeness (QED) is 0.857. The van der Waals surface area contributed by atoms with Gasteiger partial charge in [0.2, 0.25) is 0 Å². The Morgan fingerprint density at radius 3 is 2.18 bits per heavy atom. The van der Waals surface area contributed by atoms with E-state index in [2.05, 4.69) is 0 Å². The summed E-state index contributed by atoms with van der Waals surface area (Å²) in [5, 5.41) is 0. The second kappa shape index (κ2) is 5.92. The Morgan fingerprint density at radius 2 is 1.47 bits per heavy atom. The molecular weight excluding hydrogens is 214 g/mol. The summed E-state index contributed by atoms with van der Waals surface area (Å²) in [5.41, 5.74) is 5.41. The first-order valence-electron chi connectivity index (χ1n) is 5.55. The zero-order valence-corrected chi connectivity index (χ0v) is 9.50. The molecule has 0 amide bonds. The molecule has 17 heavy (non-hydrogen) atoms. The van der Waals surface area contributed by atoms with Crippen LogP contribution in [0.25, 0.3) is 0 Å². The lowest BCUT2D eigenvalue weighted by atomic mass is 10.3. The highest BCUT2D eigenvalue weighted by atomic mass is 16.5. The van der Waals surface area contributed by atoms with Crippen molar-refractivity contribution in [3.05, 3.63) is 54.6 Å². The van der Waals surface area contributed by atoms with E-state index in [0.717, 1.165) is 5.75 Å². The van der Waals surface area contributed by atoms with E-state index in [1.54, 1.807) is 0 Å². The Kier molecular flexibility index (Phi) is 4.00. The lowest BCUT2D eigenvalue weighted by Gasteiger charge is -2.11. The first kappa shape index (κ1) is 11.5. The Morgan fingerprint density at radius 1 is 0.824 bits per heavy atom. The fourth-order valence-corrected chi connectivity index (χ4v) is 1.44. The van der Waals surface area contributed by atoms with Crippen molar-refractivity contribution in [3.8, 4) is 17.2 Å². The summed E-state index contributed by atoms with van der Waals surface area (Å²) in [6.07, 6.45) is 0. The molecule has 0 aromatic heterocycles. The van der Waals surface area contributed by atoms with E-state index in [0.29, 0.717) is 24.7 Å². The number of nitrogens with two attached hydrogens (primary N) is 1. The molecule has 2 rings (SSSR count). The first-order valence-corrected chi connectivity index (χ1v) is 5.55. The van der Waals surface area contributed by atoms with E-state index < -0.39 is 0 Å². The van der Waals surface area contributed by atoms with Gasteiger partial charge in [0.1, 0.15) is 12.4 Å². The monoisotopic (exact) mass is 229 g/mol. The molecule has 2 N–H and O–H groups in total. The summed E-state index contributed by atoms with van der Waals surface area (Å²) in [5.74, 6) is 2.20. The number of rotatable bonds is 5. The molecule has 0 aliphatic heterocycles. The molecule has 0 aliphatic carbocycles. The van der Waals surface area contributed by atoms with Gasteiger partial charge in [0, 0.05) is 6.54 Å². The Labute approximate surface area is 101 Å². The van der Waals surface area contributed by atoms with Crippen molar-refractivity contribution >= 4 is 0 Å². The van der Waals surface area contributed by atoms with Crippen molar-refractivity contribution in [2.24, 2.45) is 5.73 Å². The van der Waals surface area contributed by atoms with E-state index >= 15 is 0 Å². The molecule has 0 heterocycles. The van der Waals surface area contributed by atoms with Crippen LogP contribution in [0.1, 0.15) is 0 Å². The number of hydrogen-bond donors (Lipinski definition) is 1. The number of para-hydroxylation sites is 3. The average Bonchev–Trinajstić information content (AvgIpc) is 2.39. The molecule has 2 aromatic carbocycles. The normalized spacial score (nSPS) is 9.94. The third kappa shape index (κ3) is 3.23. The van der Waals surface area contributed by atoms with Gasteiger partial charge in [-0.25, -0.2) is 0 Å². The van der Waals surface area contributed by atoms with Crippen LogP contribution >= 0.6 is 0 Å². The van der Waals surface area contributed by atoms with Gasteiger partial charge in [-0.1, -0.05) is 30.3 Å². The lowest BCUT2D eigenvalue weighted by molar-refractivity contribution is 0.311. The molecule has 0 radical (unpaired) electrons. The summed E-state index contributed by atoms with van der Waals surface area (Å²) in [4.78, 5) is 0. The third-order valence-electron chi connectivity index (χ3n) is 2.20. The Hall–Kier alpha value is -2.00. The third-order valence-corrected chi connectivity index (χ3v) is 2.20. The van der Waals surface area contributed by atoms with E-state index in [1.165, 1.54) is 0 Å². The summed E-state index contributed by atoms with van der Waals surface area (Å²) in [6, 6.07) is 17.2. The van der Waals surface area contributed by atoms with Crippen LogP contribution in [0.4, 0.5) is 0 Å². The molecule has 0 aliphatic rings. The van der Waals surface area contributed by atoms with Gasteiger partial charge in [-0.2, -0.15) is 0 Å². The Balaban J connectivity index is 2.15. The van der Waals surface area contributed by atoms with E-state index in [9.17, 15) is 0 Å². The number of hydrogen-bond acceptors (Lipinski definition) is 3. The largest absolute Gasteiger partial charge is 0.488 e. The minimum atomic E-state index is 0.481. The molecule has 0 unspecified atom stereocenters. The van der Waals surface area contributed by atoms with Gasteiger partial charge in [-0.05, 0) is 24.3 Å². The molecule has 3 nitrogen and oxygen atoms in total. The standard InChI is InChI=1S/C14H15NO2/c15-10-11-16-13-8-4-5-9-14(13)17-12-6-2-1-3-7-12/h1-9H,10-11,15H2. The molecule has 0 atom stereocenters. The van der Waals surface area contributed by atoms with Gasteiger partial charge in [-0.15, -0.1) is 0 Å². The van der Waals surface area contributed by atoms with Gasteiger partial charge in [0.15, 0.2) is 11.5 Å². The van der Waals surface area contributed by atoms with E-state index in [1.807, 2.05) is 54.6 Å². The highest BCUT2D eigenvalue weighted by Crippen LogP contribution is 2.30. The second-order valence-electron chi connectivity index (χ2n) is 3.50. The predicted octanol–water partition coefficient (Wildman–Crippen LogP) is 2.82. The Bertz CT molecular complexity index is 457. The van der Waals surface area contributed by atoms with Gasteiger partial charge >= 0.3 is 0 Å². The minimum absolute atomic E-state index is 0.481. The first-order chi connectivity index (χ1) is 8.40. The van der Waals surface area contributed by atoms with Crippen molar-refractivity contribution in [3.63, 3.8) is 0 Å². The van der Waals surface area contributed by atoms with Crippen LogP contribution in [0.3, 0.4) is 0 Å². The summed E-state index contributed by atoms with van der Waals surface area (Å²) < 4.78 is 11.2. The predicted molar refractivity (Wildman–Crippen MR) is 67.5 cm³/mol. The molecule has 0 saturated carbocycles. The molecule has 2 aromatic rings. The average molecular weight is 229 g/mol. The topological polar surface area (TPSA) is 44.5 Å². The second-order valence-corrected chi connectivity index (χ2v) is 3.50. The van der Waals surface area contributed by atoms with Gasteiger partial charge in [0.25, 0.3) is 0 Å². The minimum Gasteiger partial charge on any atom is -0.488 e. The van der Waals surface area contributed by atoms with Crippen LogP contribution in [0, 0.1) is 0 Å². The number of ether oxygens (including phenoxy) is 2. The van der Waals surface area contributed by atoms with Crippen molar-refractivity contribution in [2.75, 3.05) is 13.2 Å². The van der Waals surface area contributed by atoms with Gasteiger partial charge < -0.3 is 15.2 Å². The maximum atomic E-state index is 5.74. The van der Waals surface area contributed by atoms with Crippen LogP contribution in [-0.2, 0) is 0 Å². The molecular formula is C14H15NO2. The SMILES string of the molecule is NCCOc1ccccc1Oc1ccccc1. The van der Waals surface area contributed by atoms with Crippen molar-refractivity contribution in [1.82, 2.24) is 0 Å². The van der Waals surface area contributed by atoms with Crippen LogP contribution < -0.4 is 15.2 Å². The molecule has 3 heteroatoms. The summed E-state index contributed by atoms with van der Waals surface area (Å²) in [6.45, 7) is 0.967. The summed E-state index contributed by atoms with van der Waals surface area (Å²) >= 11 is 0. The van der Waals surface area contributed by atoms with Crippen molar-refractivity contribution in [2.45, 2.75) is 0 Å². The maximum Gasteiger partial charge on any atom is 0.169 e. The zero-order chi connectivity index (χ0) is 11.9. The van der Waals surface area contributed by atoms with Gasteiger partial charge in [-0.3, -0.25) is 0 Å². The fourth-order valence-electron chi connectivity index (χ4n) is 1.44. The highest BCUT2D eigenvalue weighted by molar-refractivity contribution is 5.42. The van der Waals surface area contributed by atoms with E-state index in [-0.39, 0.29) is 0 Å². The molecule has 88 valence electrons. The van der Waals surface area contributed by atoms with Crippen LogP contribution in [-0.4, -0.2) is 13.2 Å². The van der Waals surface area contributed by atoms with Crippen molar-refractivity contribution < 1.29 is 9.47 Å². The summed E-state index contributed by atoms with van der Waals surface area (Å²) in [7, 11) is 0. The molecule has 0 saturated heterocycles. The molecule has 0 spiro atoms. The van der Waals surface area contributed by atoms with Crippen LogP contribution in [0.2, 0.25) is 0 Å². The molecule has 0 fully saturated rings. The molecule has 0 bridgehead atoms. The number of benzene rings is 2. The van der Waals surface area contributed by atoms with Crippen LogP contribution in [0.5, 0.6) is 17.2 Å². The lowest BCUT2D eigenvalue weighted by Crippen LogP contribution is -2.10. The van der Waals surface area contributed by atoms with E-state index in [4.69, 9.17) is 15.2 Å². The zero-order valence-electron chi connectivity index (χ0n) is 9.50. The van der Waals surface area contributed by atoms with Crippen LogP contribution in [0.15, 0.2) is 54.6 Å². The van der Waals surface area contributed by atoms with Gasteiger partial charge in [0.05, 0.1) is 0 Å². The van der Waals surface area contributed by atoms with Crippen molar-refractivity contribution in [1.29, 1.82) is 0 Å². The maximum absolute atomic E-state index is 5.74.